The van der Waals surface area contributed by atoms with Crippen LogP contribution in [0.25, 0.3) is 0 Å². The van der Waals surface area contributed by atoms with E-state index in [2.05, 4.69) is 0 Å². The van der Waals surface area contributed by atoms with Gasteiger partial charge in [-0.05, 0) is 12.8 Å². The van der Waals surface area contributed by atoms with Crippen LogP contribution in [0.5, 0.6) is 0 Å². The summed E-state index contributed by atoms with van der Waals surface area (Å²) in [5.41, 5.74) is 11.0. The van der Waals surface area contributed by atoms with Gasteiger partial charge in [-0.2, -0.15) is 7.82 Å². The minimum absolute atomic E-state index is 0. The molecule has 0 aromatic heterocycles. The van der Waals surface area contributed by atoms with E-state index in [1.165, 1.54) is 19.3 Å². The third kappa shape index (κ3) is 318. The van der Waals surface area contributed by atoms with Crippen molar-refractivity contribution in [3.63, 3.8) is 0 Å². The fourth-order valence-corrected chi connectivity index (χ4v) is 1.21. The molecule has 18 nitrogen and oxygen atoms in total. The number of rotatable bonds is 0. The summed E-state index contributed by atoms with van der Waals surface area (Å²) in [4.78, 5) is 83.2. The van der Waals surface area contributed by atoms with Crippen LogP contribution in [0.3, 0.4) is 0 Å². The van der Waals surface area contributed by atoms with Gasteiger partial charge in [-0.25, -0.2) is 4.57 Å². The number of hydrogen-bond acceptors (Lipinski definition) is 11. The van der Waals surface area contributed by atoms with Crippen molar-refractivity contribution in [2.45, 2.75) is 65.5 Å². The van der Waals surface area contributed by atoms with Crippen LogP contribution in [0, 0.1) is 0 Å². The van der Waals surface area contributed by atoms with Gasteiger partial charge in [0.2, 0.25) is 0 Å². The summed E-state index contributed by atoms with van der Waals surface area (Å²) in [7, 11) is -10.0. The van der Waals surface area contributed by atoms with E-state index in [-0.39, 0.29) is 160 Å². The molecule has 0 radical (unpaired) electrons. The van der Waals surface area contributed by atoms with Crippen molar-refractivity contribution in [1.82, 2.24) is 0 Å². The van der Waals surface area contributed by atoms with Gasteiger partial charge in [0, 0.05) is 27.7 Å². The maximum absolute atomic E-state index is 9.00. The summed E-state index contributed by atoms with van der Waals surface area (Å²) in [6, 6.07) is 0. The minimum Gasteiger partial charge on any atom is -0.822 e. The molecule has 1 aliphatic rings. The smallest absolute Gasteiger partial charge is 0.822 e. The van der Waals surface area contributed by atoms with Gasteiger partial charge >= 0.3 is 162 Å². The van der Waals surface area contributed by atoms with Crippen molar-refractivity contribution in [1.29, 1.82) is 0 Å². The number of aliphatic carboxylic acids is 4. The molecule has 0 bridgehead atoms. The Morgan fingerprint density at radius 1 is 0.622 bits per heavy atom. The summed E-state index contributed by atoms with van der Waals surface area (Å²) in [6.45, 7) is 4.33. The summed E-state index contributed by atoms with van der Waals surface area (Å²) >= 11 is 0. The van der Waals surface area contributed by atoms with Gasteiger partial charge in [0.1, 0.15) is 0 Å². The van der Waals surface area contributed by atoms with Gasteiger partial charge in [-0.15, -0.1) is 0 Å². The first kappa shape index (κ1) is 63.3. The number of carbonyl (C=O) groups is 4. The largest absolute Gasteiger partial charge is 1.00 e. The summed E-state index contributed by atoms with van der Waals surface area (Å²) in [5, 5.41) is 29.7. The standard InChI is InChI=1S/C6H14N2.4C2H4O2.3K.2H3O4P/c7-6(8)4-2-1-3-5-6;4*1-2(3)4;;;;2*1-5(2,3)4/h1-5,7-8H2;4*1H3,(H,3,4);;;;2*(H3,1,2,3,4)/q;;;;;3*+1;;/p-3. The van der Waals surface area contributed by atoms with E-state index in [1.54, 1.807) is 0 Å². The van der Waals surface area contributed by atoms with Crippen LogP contribution < -0.4 is 180 Å². The van der Waals surface area contributed by atoms with Crippen molar-refractivity contribution < 1.29 is 232 Å². The fourth-order valence-electron chi connectivity index (χ4n) is 1.21. The van der Waals surface area contributed by atoms with Crippen LogP contribution in [-0.4, -0.2) is 64.6 Å². The number of carboxylic acid groups (broad SMARTS) is 4. The van der Waals surface area contributed by atoms with Crippen LogP contribution in [0.4, 0.5) is 0 Å². The van der Waals surface area contributed by atoms with Gasteiger partial charge in [-0.1, -0.05) is 19.3 Å². The number of phosphoric acid groups is 2. The Morgan fingerprint density at radius 2 is 0.730 bits per heavy atom. The molecular formula is C14H33K3N2O16P2. The first-order valence-corrected chi connectivity index (χ1v) is 11.5. The number of hydrogen-bond donors (Lipinski definition) is 9. The molecule has 0 aromatic rings. The van der Waals surface area contributed by atoms with E-state index < -0.39 is 39.5 Å². The monoisotopic (exact) mass is 664 g/mol. The number of nitrogens with two attached hydrogens (primary N) is 2. The van der Waals surface area contributed by atoms with Crippen LogP contribution in [-0.2, 0) is 28.3 Å². The third-order valence-electron chi connectivity index (χ3n) is 1.78. The van der Waals surface area contributed by atoms with Crippen molar-refractivity contribution >= 4 is 39.5 Å². The molecule has 23 heteroatoms. The van der Waals surface area contributed by atoms with E-state index in [1.807, 2.05) is 0 Å². The Labute approximate surface area is 342 Å². The molecule has 1 fully saturated rings. The Bertz CT molecular complexity index is 550. The van der Waals surface area contributed by atoms with Crippen LogP contribution >= 0.6 is 15.6 Å². The third-order valence-corrected chi connectivity index (χ3v) is 1.78. The van der Waals surface area contributed by atoms with E-state index in [4.69, 9.17) is 89.6 Å². The molecule has 0 aromatic carbocycles. The average Bonchev–Trinajstić information content (AvgIpc) is 2.40. The Kier molecular flexibility index (Phi) is 66.6. The van der Waals surface area contributed by atoms with Gasteiger partial charge in [-0.3, -0.25) is 19.2 Å². The Morgan fingerprint density at radius 3 is 0.784 bits per heavy atom. The second-order valence-electron chi connectivity index (χ2n) is 5.83. The normalized spacial score (nSPS) is 11.9. The van der Waals surface area contributed by atoms with Crippen LogP contribution in [0.1, 0.15) is 59.8 Å². The molecule has 1 aliphatic carbocycles. The zero-order valence-electron chi connectivity index (χ0n) is 21.9. The van der Waals surface area contributed by atoms with Crippen molar-refractivity contribution in [2.24, 2.45) is 11.5 Å². The van der Waals surface area contributed by atoms with E-state index >= 15 is 0 Å². The van der Waals surface area contributed by atoms with Crippen molar-refractivity contribution in [3.05, 3.63) is 0 Å². The zero-order valence-corrected chi connectivity index (χ0v) is 33.0. The fraction of sp³-hybridized carbons (Fsp3) is 0.714. The van der Waals surface area contributed by atoms with Gasteiger partial charge in [0.15, 0.2) is 0 Å². The minimum atomic E-state index is -5.39. The molecule has 0 amide bonds. The molecule has 0 unspecified atom stereocenters. The zero-order chi connectivity index (χ0) is 29.3. The second-order valence-corrected chi connectivity index (χ2v) is 7.75. The maximum atomic E-state index is 9.00. The molecular weight excluding hydrogens is 631 g/mol. The van der Waals surface area contributed by atoms with E-state index in [0.29, 0.717) is 0 Å². The predicted molar refractivity (Wildman–Crippen MR) is 109 cm³/mol. The molecule has 11 N–H and O–H groups in total. The maximum Gasteiger partial charge on any atom is 1.00 e. The van der Waals surface area contributed by atoms with Crippen molar-refractivity contribution in [3.8, 4) is 0 Å². The molecule has 0 heterocycles. The molecule has 0 aliphatic heterocycles. The molecule has 0 saturated heterocycles. The number of carboxylic acids is 4. The Hall–Kier alpha value is 2.93. The first-order valence-electron chi connectivity index (χ1n) is 8.51. The van der Waals surface area contributed by atoms with Crippen LogP contribution in [0.2, 0.25) is 0 Å². The quantitative estimate of drug-likeness (QED) is 0.0659. The SMILES string of the molecule is CC(=O)O.CC(=O)O.CC(=O)O.CC(=O)O.NC1(N)CCCCC1.O=P(O)(O)O.O=P([O-])([O-])[O-].[K+].[K+].[K+]. The molecule has 0 atom stereocenters. The molecule has 1 saturated carbocycles. The molecule has 37 heavy (non-hydrogen) atoms. The first-order chi connectivity index (χ1) is 14.6. The molecule has 0 spiro atoms. The van der Waals surface area contributed by atoms with E-state index in [0.717, 1.165) is 40.5 Å². The van der Waals surface area contributed by atoms with E-state index in [9.17, 15) is 0 Å². The Balaban J connectivity index is -0.0000000356. The topological polar surface area (TPSA) is 365 Å². The molecule has 208 valence electrons. The predicted octanol–water partition coefficient (Wildman–Crippen LogP) is -11.8. The van der Waals surface area contributed by atoms with Crippen LogP contribution in [0.15, 0.2) is 0 Å². The summed E-state index contributed by atoms with van der Waals surface area (Å²) in [5.74, 6) is -3.33. The van der Waals surface area contributed by atoms with Gasteiger partial charge in [0.25, 0.3) is 23.9 Å². The molecule has 1 rings (SSSR count). The van der Waals surface area contributed by atoms with Crippen molar-refractivity contribution in [2.75, 3.05) is 0 Å². The average molecular weight is 665 g/mol. The summed E-state index contributed by atoms with van der Waals surface area (Å²) in [6.07, 6.45) is 5.76. The second kappa shape index (κ2) is 38.9. The van der Waals surface area contributed by atoms with Gasteiger partial charge in [0.05, 0.1) is 5.66 Å². The van der Waals surface area contributed by atoms with Gasteiger partial charge < -0.3 is 65.8 Å². The summed E-state index contributed by atoms with van der Waals surface area (Å²) < 4.78 is 17.4.